The van der Waals surface area contributed by atoms with E-state index < -0.39 is 48.7 Å². The van der Waals surface area contributed by atoms with Crippen LogP contribution in [0.1, 0.15) is 13.8 Å². The second kappa shape index (κ2) is 6.55. The molecule has 6 unspecified atom stereocenters. The summed E-state index contributed by atoms with van der Waals surface area (Å²) in [5.41, 5.74) is 0. The van der Waals surface area contributed by atoms with Crippen LogP contribution in [0.5, 0.6) is 0 Å². The first kappa shape index (κ1) is 22.1. The Kier molecular flexibility index (Phi) is 6.30. The molecule has 0 N–H and O–H groups in total. The number of rotatable bonds is 6. The largest absolute Gasteiger partial charge is 0.425 e. The van der Waals surface area contributed by atoms with E-state index >= 15 is 0 Å². The Hall–Kier alpha value is -0.880. The van der Waals surface area contributed by atoms with Crippen molar-refractivity contribution in [1.29, 1.82) is 0 Å². The average molecular weight is 374 g/mol. The molecule has 0 bridgehead atoms. The maximum atomic E-state index is 13.8. The van der Waals surface area contributed by atoms with Crippen LogP contribution in [-0.4, -0.2) is 48.7 Å². The van der Waals surface area contributed by atoms with E-state index in [1.807, 2.05) is 0 Å². The number of ether oxygens (including phenoxy) is 1. The molecule has 0 heterocycles. The molecular formula is C10H10F12O. The molecule has 0 aromatic carbocycles. The van der Waals surface area contributed by atoms with Gasteiger partial charge < -0.3 is 0 Å². The van der Waals surface area contributed by atoms with Crippen LogP contribution in [0.15, 0.2) is 0 Å². The predicted octanol–water partition coefficient (Wildman–Crippen LogP) is 4.85. The van der Waals surface area contributed by atoms with E-state index in [0.717, 1.165) is 0 Å². The van der Waals surface area contributed by atoms with Gasteiger partial charge in [0.1, 0.15) is 0 Å². The summed E-state index contributed by atoms with van der Waals surface area (Å²) in [5.74, 6) is -10.9. The molecule has 13 heteroatoms. The Bertz CT molecular complexity index is 354. The molecule has 0 aromatic rings. The SMILES string of the molecule is CC(F)C(F)(OC(F)(C(C)F)C(F)C(F)(F)F)C(F)C(F)(F)F. The molecule has 0 aliphatic heterocycles. The van der Waals surface area contributed by atoms with Crippen LogP contribution in [0.3, 0.4) is 0 Å². The van der Waals surface area contributed by atoms with E-state index in [1.165, 1.54) is 0 Å². The molecule has 1 nitrogen and oxygen atoms in total. The van der Waals surface area contributed by atoms with E-state index in [-0.39, 0.29) is 13.8 Å². The minimum Gasteiger partial charge on any atom is -0.298 e. The van der Waals surface area contributed by atoms with E-state index in [4.69, 9.17) is 0 Å². The van der Waals surface area contributed by atoms with Crippen molar-refractivity contribution >= 4 is 0 Å². The van der Waals surface area contributed by atoms with Crippen LogP contribution >= 0.6 is 0 Å². The maximum Gasteiger partial charge on any atom is 0.425 e. The summed E-state index contributed by atoms with van der Waals surface area (Å²) >= 11 is 0. The van der Waals surface area contributed by atoms with Crippen molar-refractivity contribution in [2.75, 3.05) is 0 Å². The number of hydrogen-bond donors (Lipinski definition) is 0. The summed E-state index contributed by atoms with van der Waals surface area (Å²) in [7, 11) is 0. The van der Waals surface area contributed by atoms with Gasteiger partial charge in [0, 0.05) is 0 Å². The highest BCUT2D eigenvalue weighted by molar-refractivity contribution is 4.96. The highest BCUT2D eigenvalue weighted by Crippen LogP contribution is 2.46. The minimum atomic E-state index is -6.25. The zero-order valence-electron chi connectivity index (χ0n) is 11.3. The molecule has 0 aliphatic carbocycles. The monoisotopic (exact) mass is 374 g/mol. The average Bonchev–Trinajstić information content (AvgIpc) is 2.33. The van der Waals surface area contributed by atoms with Crippen molar-refractivity contribution in [3.63, 3.8) is 0 Å². The summed E-state index contributed by atoms with van der Waals surface area (Å²) in [6, 6.07) is 0. The first-order valence-electron chi connectivity index (χ1n) is 5.68. The number of alkyl halides is 12. The fourth-order valence-corrected chi connectivity index (χ4v) is 1.36. The quantitative estimate of drug-likeness (QED) is 0.604. The molecule has 140 valence electrons. The minimum absolute atomic E-state index is 0.164. The van der Waals surface area contributed by atoms with Gasteiger partial charge in [-0.2, -0.15) is 26.3 Å². The van der Waals surface area contributed by atoms with E-state index in [2.05, 4.69) is 4.74 Å². The highest BCUT2D eigenvalue weighted by atomic mass is 19.4. The molecule has 0 aliphatic rings. The molecule has 0 fully saturated rings. The van der Waals surface area contributed by atoms with Crippen molar-refractivity contribution in [1.82, 2.24) is 0 Å². The summed E-state index contributed by atoms with van der Waals surface area (Å²) < 4.78 is 155. The van der Waals surface area contributed by atoms with Crippen molar-refractivity contribution in [2.45, 2.75) is 62.6 Å². The summed E-state index contributed by atoms with van der Waals surface area (Å²) in [4.78, 5) is 0. The third-order valence-corrected chi connectivity index (χ3v) is 2.66. The number of halogens is 12. The lowest BCUT2D eigenvalue weighted by Gasteiger charge is -2.39. The Balaban J connectivity index is 5.95. The van der Waals surface area contributed by atoms with Gasteiger partial charge in [-0.1, -0.05) is 0 Å². The second-order valence-corrected chi connectivity index (χ2v) is 4.54. The van der Waals surface area contributed by atoms with Crippen LogP contribution in [0.25, 0.3) is 0 Å². The van der Waals surface area contributed by atoms with E-state index in [9.17, 15) is 52.7 Å². The summed E-state index contributed by atoms with van der Waals surface area (Å²) in [6.07, 6.45) is -30.0. The number of hydrogen-bond acceptors (Lipinski definition) is 1. The lowest BCUT2D eigenvalue weighted by Crippen LogP contribution is -2.62. The first-order chi connectivity index (χ1) is 9.90. The highest BCUT2D eigenvalue weighted by Gasteiger charge is 2.69. The molecule has 0 rings (SSSR count). The van der Waals surface area contributed by atoms with Crippen LogP contribution in [-0.2, 0) is 4.74 Å². The fourth-order valence-electron chi connectivity index (χ4n) is 1.36. The zero-order chi connectivity index (χ0) is 19.0. The van der Waals surface area contributed by atoms with Gasteiger partial charge in [-0.3, -0.25) is 4.74 Å². The summed E-state index contributed by atoms with van der Waals surface area (Å²) in [6.45, 7) is -0.328. The van der Waals surface area contributed by atoms with E-state index in [1.54, 1.807) is 0 Å². The van der Waals surface area contributed by atoms with Crippen molar-refractivity contribution in [3.8, 4) is 0 Å². The topological polar surface area (TPSA) is 9.23 Å². The normalized spacial score (nSPS) is 24.3. The predicted molar refractivity (Wildman–Crippen MR) is 51.8 cm³/mol. The first-order valence-corrected chi connectivity index (χ1v) is 5.68. The summed E-state index contributed by atoms with van der Waals surface area (Å²) in [5, 5.41) is 0. The molecule has 0 spiro atoms. The lowest BCUT2D eigenvalue weighted by molar-refractivity contribution is -0.393. The fraction of sp³-hybridized carbons (Fsp3) is 1.00. The van der Waals surface area contributed by atoms with Gasteiger partial charge in [-0.15, -0.1) is 0 Å². The molecule has 23 heavy (non-hydrogen) atoms. The standard InChI is InChI=1S/C10H10F12O/c1-3(11)7(15,5(13)9(17,18)19)23-8(16,4(2)12)6(14)10(20,21)22/h3-6H,1-2H3. The Morgan fingerprint density at radius 2 is 0.783 bits per heavy atom. The smallest absolute Gasteiger partial charge is 0.298 e. The van der Waals surface area contributed by atoms with Crippen LogP contribution in [0.4, 0.5) is 52.7 Å². The van der Waals surface area contributed by atoms with Gasteiger partial charge in [-0.05, 0) is 13.8 Å². The lowest BCUT2D eigenvalue weighted by atomic mass is 10.0. The second-order valence-electron chi connectivity index (χ2n) is 4.54. The van der Waals surface area contributed by atoms with Crippen molar-refractivity contribution in [3.05, 3.63) is 0 Å². The van der Waals surface area contributed by atoms with Crippen LogP contribution < -0.4 is 0 Å². The van der Waals surface area contributed by atoms with E-state index in [0.29, 0.717) is 0 Å². The van der Waals surface area contributed by atoms with Crippen LogP contribution in [0.2, 0.25) is 0 Å². The third kappa shape index (κ3) is 4.57. The van der Waals surface area contributed by atoms with Gasteiger partial charge in [0.25, 0.3) is 24.1 Å². The van der Waals surface area contributed by atoms with Gasteiger partial charge in [-0.25, -0.2) is 26.3 Å². The zero-order valence-corrected chi connectivity index (χ0v) is 11.3. The van der Waals surface area contributed by atoms with Crippen molar-refractivity contribution in [2.24, 2.45) is 0 Å². The molecule has 0 aromatic heterocycles. The van der Waals surface area contributed by atoms with Gasteiger partial charge in [0.05, 0.1) is 0 Å². The Labute approximate surface area is 121 Å². The van der Waals surface area contributed by atoms with Crippen molar-refractivity contribution < 1.29 is 57.4 Å². The maximum absolute atomic E-state index is 13.8. The molecule has 6 atom stereocenters. The third-order valence-electron chi connectivity index (χ3n) is 2.66. The van der Waals surface area contributed by atoms with Gasteiger partial charge in [0.15, 0.2) is 12.3 Å². The molecule has 0 radical (unpaired) electrons. The Morgan fingerprint density at radius 3 is 0.913 bits per heavy atom. The Morgan fingerprint density at radius 1 is 0.565 bits per heavy atom. The van der Waals surface area contributed by atoms with Gasteiger partial charge in [0.2, 0.25) is 0 Å². The van der Waals surface area contributed by atoms with Gasteiger partial charge >= 0.3 is 12.4 Å². The van der Waals surface area contributed by atoms with Crippen LogP contribution in [0, 0.1) is 0 Å². The molecule has 0 amide bonds. The molecular weight excluding hydrogens is 364 g/mol. The molecule has 0 saturated heterocycles. The molecule has 0 saturated carbocycles.